The molecular weight excluding hydrogens is 448 g/mol. The van der Waals surface area contributed by atoms with Gasteiger partial charge in [-0.05, 0) is 48.4 Å². The Morgan fingerprint density at radius 3 is 2.40 bits per heavy atom. The molecule has 35 heavy (non-hydrogen) atoms. The molecule has 0 heterocycles. The minimum Gasteiger partial charge on any atom is -0.478 e. The summed E-state index contributed by atoms with van der Waals surface area (Å²) in [5.74, 6) is -0.984. The molecule has 0 aliphatic heterocycles. The summed E-state index contributed by atoms with van der Waals surface area (Å²) in [4.78, 5) is 23.9. The van der Waals surface area contributed by atoms with Crippen molar-refractivity contribution >= 4 is 28.7 Å². The molecule has 0 radical (unpaired) electrons. The zero-order valence-electron chi connectivity index (χ0n) is 18.5. The van der Waals surface area contributed by atoms with E-state index in [4.69, 9.17) is 5.26 Å². The maximum Gasteiger partial charge on any atom is 0.335 e. The van der Waals surface area contributed by atoms with Crippen molar-refractivity contribution < 1.29 is 14.8 Å². The van der Waals surface area contributed by atoms with Gasteiger partial charge in [0.2, 0.25) is 0 Å². The minimum absolute atomic E-state index is 0.0959. The van der Waals surface area contributed by atoms with Gasteiger partial charge in [-0.2, -0.15) is 15.6 Å². The molecule has 0 aliphatic carbocycles. The first kappa shape index (κ1) is 24.6. The predicted octanol–water partition coefficient (Wildman–Crippen LogP) is 5.54. The first-order valence-corrected chi connectivity index (χ1v) is 10.6. The van der Waals surface area contributed by atoms with E-state index in [1.54, 1.807) is 54.6 Å². The van der Waals surface area contributed by atoms with Gasteiger partial charge in [0.05, 0.1) is 28.7 Å². The smallest absolute Gasteiger partial charge is 0.335 e. The third-order valence-electron chi connectivity index (χ3n) is 5.21. The van der Waals surface area contributed by atoms with Crippen molar-refractivity contribution in [2.75, 3.05) is 18.0 Å². The van der Waals surface area contributed by atoms with Crippen LogP contribution in [0.5, 0.6) is 0 Å². The number of carboxylic acid groups (broad SMARTS) is 1. The van der Waals surface area contributed by atoms with Gasteiger partial charge in [0.25, 0.3) is 5.69 Å². The topological polar surface area (TPSA) is 156 Å². The van der Waals surface area contributed by atoms with Crippen LogP contribution in [0.2, 0.25) is 0 Å². The number of hydrogen-bond acceptors (Lipinski definition) is 8. The molecule has 0 spiro atoms. The Morgan fingerprint density at radius 1 is 1.00 bits per heavy atom. The zero-order chi connectivity index (χ0) is 25.2. The number of azo groups is 1. The van der Waals surface area contributed by atoms with E-state index < -0.39 is 10.9 Å². The van der Waals surface area contributed by atoms with Crippen LogP contribution >= 0.6 is 0 Å². The van der Waals surface area contributed by atoms with Crippen LogP contribution in [0.15, 0.2) is 77.0 Å². The fourth-order valence-electron chi connectivity index (χ4n) is 3.48. The van der Waals surface area contributed by atoms with Gasteiger partial charge in [0, 0.05) is 24.8 Å². The van der Waals surface area contributed by atoms with Crippen LogP contribution in [-0.2, 0) is 6.42 Å². The molecule has 3 rings (SSSR count). The van der Waals surface area contributed by atoms with Gasteiger partial charge >= 0.3 is 5.97 Å². The van der Waals surface area contributed by atoms with E-state index in [-0.39, 0.29) is 22.5 Å². The number of aromatic carboxylic acids is 1. The molecule has 10 nitrogen and oxygen atoms in total. The zero-order valence-corrected chi connectivity index (χ0v) is 18.5. The summed E-state index contributed by atoms with van der Waals surface area (Å²) in [6.45, 7) is 0.970. The second-order valence-corrected chi connectivity index (χ2v) is 7.36. The summed E-state index contributed by atoms with van der Waals surface area (Å²) in [6, 6.07) is 21.9. The second-order valence-electron chi connectivity index (χ2n) is 7.36. The van der Waals surface area contributed by atoms with Crippen molar-refractivity contribution in [3.05, 3.63) is 93.5 Å². The molecule has 0 unspecified atom stereocenters. The van der Waals surface area contributed by atoms with Crippen LogP contribution < -0.4 is 4.90 Å². The van der Waals surface area contributed by atoms with Gasteiger partial charge in [-0.1, -0.05) is 24.3 Å². The number of nitriles is 2. The molecule has 10 heteroatoms. The van der Waals surface area contributed by atoms with E-state index in [2.05, 4.69) is 16.3 Å². The van der Waals surface area contributed by atoms with Crippen LogP contribution in [0.25, 0.3) is 0 Å². The molecule has 1 N–H and O–H groups in total. The average Bonchev–Trinajstić information content (AvgIpc) is 2.87. The monoisotopic (exact) mass is 468 g/mol. The summed E-state index contributed by atoms with van der Waals surface area (Å²) < 4.78 is 0. The number of rotatable bonds is 10. The predicted molar refractivity (Wildman–Crippen MR) is 128 cm³/mol. The van der Waals surface area contributed by atoms with Crippen LogP contribution in [0.4, 0.5) is 22.7 Å². The van der Waals surface area contributed by atoms with Crippen molar-refractivity contribution in [1.29, 1.82) is 10.5 Å². The van der Waals surface area contributed by atoms with E-state index in [1.165, 1.54) is 18.2 Å². The minimum atomic E-state index is -0.984. The molecule has 3 aromatic carbocycles. The molecule has 0 bridgehead atoms. The molecular formula is C25H20N6O4. The molecule has 0 saturated heterocycles. The van der Waals surface area contributed by atoms with Crippen molar-refractivity contribution in [2.24, 2.45) is 10.2 Å². The van der Waals surface area contributed by atoms with Gasteiger partial charge < -0.3 is 10.0 Å². The lowest BCUT2D eigenvalue weighted by Crippen LogP contribution is -2.27. The first-order chi connectivity index (χ1) is 16.9. The number of carboxylic acids is 1. The van der Waals surface area contributed by atoms with E-state index >= 15 is 0 Å². The Bertz CT molecular complexity index is 1340. The number of nitro benzene ring substituents is 1. The standard InChI is InChI=1S/C25H20N6O4/c26-14-4-15-30(16-13-18-5-1-2-6-21(18)25(32)33)20-11-9-19(10-12-20)28-29-23-7-3-8-24(31(34)35)22(23)17-27/h1-3,5-12H,4,13,15-16H2,(H,32,33). The molecule has 0 fully saturated rings. The first-order valence-electron chi connectivity index (χ1n) is 10.6. The lowest BCUT2D eigenvalue weighted by atomic mass is 10.0. The quantitative estimate of drug-likeness (QED) is 0.232. The van der Waals surface area contributed by atoms with Gasteiger partial charge in [-0.25, -0.2) is 4.79 Å². The lowest BCUT2D eigenvalue weighted by molar-refractivity contribution is -0.385. The van der Waals surface area contributed by atoms with Gasteiger partial charge in [-0.15, -0.1) is 5.11 Å². The van der Waals surface area contributed by atoms with Gasteiger partial charge in [0.15, 0.2) is 5.56 Å². The van der Waals surface area contributed by atoms with Crippen molar-refractivity contribution in [2.45, 2.75) is 12.8 Å². The summed E-state index contributed by atoms with van der Waals surface area (Å²) in [6.07, 6.45) is 0.783. The third kappa shape index (κ3) is 6.24. The summed E-state index contributed by atoms with van der Waals surface area (Å²) in [5.41, 5.74) is 1.84. The maximum absolute atomic E-state index is 11.5. The number of anilines is 1. The highest BCUT2D eigenvalue weighted by molar-refractivity contribution is 5.89. The van der Waals surface area contributed by atoms with E-state index in [0.717, 1.165) is 5.69 Å². The molecule has 0 aliphatic rings. The fourth-order valence-corrected chi connectivity index (χ4v) is 3.48. The van der Waals surface area contributed by atoms with Crippen LogP contribution in [0.3, 0.4) is 0 Å². The highest BCUT2D eigenvalue weighted by Gasteiger charge is 2.17. The summed E-state index contributed by atoms with van der Waals surface area (Å²) in [5, 5.41) is 46.9. The van der Waals surface area contributed by atoms with E-state index in [9.17, 15) is 25.3 Å². The van der Waals surface area contributed by atoms with Crippen molar-refractivity contribution in [3.63, 3.8) is 0 Å². The molecule has 3 aromatic rings. The molecule has 0 amide bonds. The highest BCUT2D eigenvalue weighted by Crippen LogP contribution is 2.29. The number of hydrogen-bond donors (Lipinski definition) is 1. The summed E-state index contributed by atoms with van der Waals surface area (Å²) >= 11 is 0. The Kier molecular flexibility index (Phi) is 8.19. The van der Waals surface area contributed by atoms with E-state index in [1.807, 2.05) is 4.90 Å². The van der Waals surface area contributed by atoms with Gasteiger partial charge in [0.1, 0.15) is 11.8 Å². The largest absolute Gasteiger partial charge is 0.478 e. The van der Waals surface area contributed by atoms with Crippen molar-refractivity contribution in [3.8, 4) is 12.1 Å². The Balaban J connectivity index is 1.78. The number of carbonyl (C=O) groups is 1. The van der Waals surface area contributed by atoms with Crippen molar-refractivity contribution in [1.82, 2.24) is 0 Å². The normalized spacial score (nSPS) is 10.5. The molecule has 174 valence electrons. The fraction of sp³-hybridized carbons (Fsp3) is 0.160. The lowest BCUT2D eigenvalue weighted by Gasteiger charge is -2.24. The van der Waals surface area contributed by atoms with Crippen LogP contribution in [0.1, 0.15) is 27.9 Å². The highest BCUT2D eigenvalue weighted by atomic mass is 16.6. The SMILES string of the molecule is N#CCCN(CCc1ccccc1C(=O)O)c1ccc(N=Nc2cccc([N+](=O)[O-])c2C#N)cc1. The second kappa shape index (κ2) is 11.7. The Labute approximate surface area is 201 Å². The van der Waals surface area contributed by atoms with Crippen LogP contribution in [-0.4, -0.2) is 29.1 Å². The molecule has 0 atom stereocenters. The average molecular weight is 468 g/mol. The Morgan fingerprint density at radius 2 is 1.74 bits per heavy atom. The van der Waals surface area contributed by atoms with Gasteiger partial charge in [-0.3, -0.25) is 10.1 Å². The molecule has 0 aromatic heterocycles. The maximum atomic E-state index is 11.5. The van der Waals surface area contributed by atoms with Crippen LogP contribution in [0, 0.1) is 32.8 Å². The summed E-state index contributed by atoms with van der Waals surface area (Å²) in [7, 11) is 0. The third-order valence-corrected chi connectivity index (χ3v) is 5.21. The van der Waals surface area contributed by atoms with E-state index in [0.29, 0.717) is 37.2 Å². The number of nitro groups is 1. The molecule has 0 saturated carbocycles. The number of benzene rings is 3. The Hall–Kier alpha value is -5.09. The number of nitrogens with zero attached hydrogens (tertiary/aromatic N) is 6.